The van der Waals surface area contributed by atoms with Gasteiger partial charge in [0.25, 0.3) is 0 Å². The first-order valence-corrected chi connectivity index (χ1v) is 6.86. The van der Waals surface area contributed by atoms with Gasteiger partial charge in [-0.1, -0.05) is 6.92 Å². The Kier molecular flexibility index (Phi) is 4.42. The first-order chi connectivity index (χ1) is 8.06. The average Bonchev–Trinajstić information content (AvgIpc) is 3.00. The van der Waals surface area contributed by atoms with Gasteiger partial charge in [0.2, 0.25) is 0 Å². The lowest BCUT2D eigenvalue weighted by atomic mass is 10.1. The van der Waals surface area contributed by atoms with E-state index < -0.39 is 0 Å². The third-order valence-electron chi connectivity index (χ3n) is 4.00. The van der Waals surface area contributed by atoms with Gasteiger partial charge < -0.3 is 15.3 Å². The van der Waals surface area contributed by atoms with Crippen LogP contribution in [0.2, 0.25) is 0 Å². The third-order valence-corrected chi connectivity index (χ3v) is 4.00. The van der Waals surface area contributed by atoms with Crippen molar-refractivity contribution < 1.29 is 5.11 Å². The highest BCUT2D eigenvalue weighted by Crippen LogP contribution is 2.20. The maximum Gasteiger partial charge on any atom is 0.0791 e. The molecule has 0 radical (unpaired) electrons. The van der Waals surface area contributed by atoms with Crippen molar-refractivity contribution in [2.75, 3.05) is 40.3 Å². The van der Waals surface area contributed by atoms with E-state index in [4.69, 9.17) is 0 Å². The second-order valence-corrected chi connectivity index (χ2v) is 6.06. The van der Waals surface area contributed by atoms with E-state index in [2.05, 4.69) is 36.1 Å². The number of hydrogen-bond donors (Lipinski definition) is 2. The molecule has 17 heavy (non-hydrogen) atoms. The highest BCUT2D eigenvalue weighted by Gasteiger charge is 2.31. The van der Waals surface area contributed by atoms with Crippen LogP contribution in [-0.4, -0.2) is 73.4 Å². The monoisotopic (exact) mass is 241 g/mol. The van der Waals surface area contributed by atoms with Gasteiger partial charge in [0.1, 0.15) is 0 Å². The zero-order chi connectivity index (χ0) is 12.4. The molecule has 1 saturated carbocycles. The highest BCUT2D eigenvalue weighted by molar-refractivity contribution is 4.88. The van der Waals surface area contributed by atoms with Crippen molar-refractivity contribution in [3.8, 4) is 0 Å². The number of aliphatic hydroxyl groups excluding tert-OH is 1. The largest absolute Gasteiger partial charge is 0.390 e. The lowest BCUT2D eigenvalue weighted by Gasteiger charge is -2.23. The molecule has 2 N–H and O–H groups in total. The van der Waals surface area contributed by atoms with E-state index in [0.29, 0.717) is 18.0 Å². The van der Waals surface area contributed by atoms with Crippen molar-refractivity contribution in [3.63, 3.8) is 0 Å². The standard InChI is InChI=1S/C13H27N3O/c1-10-7-16(9-13(10)15(2)3)8-12(17)6-14-11-4-5-11/h10-14,17H,4-9H2,1-3H3. The molecule has 1 saturated heterocycles. The summed E-state index contributed by atoms with van der Waals surface area (Å²) in [6, 6.07) is 1.33. The van der Waals surface area contributed by atoms with Crippen molar-refractivity contribution in [1.29, 1.82) is 0 Å². The fourth-order valence-electron chi connectivity index (χ4n) is 2.82. The van der Waals surface area contributed by atoms with E-state index in [-0.39, 0.29) is 6.10 Å². The Morgan fingerprint density at radius 2 is 2.06 bits per heavy atom. The van der Waals surface area contributed by atoms with E-state index in [9.17, 15) is 5.11 Å². The Balaban J connectivity index is 1.68. The predicted molar refractivity (Wildman–Crippen MR) is 70.1 cm³/mol. The van der Waals surface area contributed by atoms with Gasteiger partial charge in [-0.2, -0.15) is 0 Å². The molecule has 1 aliphatic heterocycles. The van der Waals surface area contributed by atoms with E-state index in [0.717, 1.165) is 26.2 Å². The Labute approximate surface area is 105 Å². The molecule has 4 nitrogen and oxygen atoms in total. The predicted octanol–water partition coefficient (Wildman–Crippen LogP) is -0.0188. The SMILES string of the molecule is CC1CN(CC(O)CNC2CC2)CC1N(C)C. The molecule has 0 amide bonds. The quantitative estimate of drug-likeness (QED) is 0.686. The minimum absolute atomic E-state index is 0.219. The zero-order valence-electron chi connectivity index (χ0n) is 11.4. The first-order valence-electron chi connectivity index (χ1n) is 6.86. The van der Waals surface area contributed by atoms with Crippen molar-refractivity contribution in [2.24, 2.45) is 5.92 Å². The molecule has 0 bridgehead atoms. The van der Waals surface area contributed by atoms with Gasteiger partial charge in [0, 0.05) is 38.3 Å². The zero-order valence-corrected chi connectivity index (χ0v) is 11.4. The van der Waals surface area contributed by atoms with Crippen LogP contribution in [0, 0.1) is 5.92 Å². The molecular weight excluding hydrogens is 214 g/mol. The van der Waals surface area contributed by atoms with Crippen LogP contribution in [0.4, 0.5) is 0 Å². The summed E-state index contributed by atoms with van der Waals surface area (Å²) in [5, 5.41) is 13.4. The summed E-state index contributed by atoms with van der Waals surface area (Å²) >= 11 is 0. The second-order valence-electron chi connectivity index (χ2n) is 6.06. The number of likely N-dealkylation sites (N-methyl/N-ethyl adjacent to an activating group) is 1. The van der Waals surface area contributed by atoms with Gasteiger partial charge in [-0.25, -0.2) is 0 Å². The van der Waals surface area contributed by atoms with E-state index >= 15 is 0 Å². The average molecular weight is 241 g/mol. The molecule has 2 aliphatic rings. The summed E-state index contributed by atoms with van der Waals surface area (Å²) in [6.45, 7) is 6.08. The molecule has 0 aromatic rings. The molecule has 0 aromatic heterocycles. The maximum absolute atomic E-state index is 9.98. The minimum atomic E-state index is -0.219. The van der Waals surface area contributed by atoms with Gasteiger partial charge in [-0.05, 0) is 32.9 Å². The normalized spacial score (nSPS) is 32.3. The van der Waals surface area contributed by atoms with Crippen LogP contribution in [0.5, 0.6) is 0 Å². The van der Waals surface area contributed by atoms with Crippen molar-refractivity contribution in [2.45, 2.75) is 38.0 Å². The van der Waals surface area contributed by atoms with Gasteiger partial charge >= 0.3 is 0 Å². The number of β-amino-alcohol motifs (C(OH)–C–C–N with tert-alkyl or cyclic N) is 1. The topological polar surface area (TPSA) is 38.7 Å². The molecule has 3 atom stereocenters. The molecule has 1 aliphatic carbocycles. The van der Waals surface area contributed by atoms with Crippen LogP contribution in [0.3, 0.4) is 0 Å². The minimum Gasteiger partial charge on any atom is -0.390 e. The number of hydrogen-bond acceptors (Lipinski definition) is 4. The summed E-state index contributed by atoms with van der Waals surface area (Å²) in [5.41, 5.74) is 0. The van der Waals surface area contributed by atoms with Crippen molar-refractivity contribution >= 4 is 0 Å². The second kappa shape index (κ2) is 5.65. The number of aliphatic hydroxyl groups is 1. The summed E-state index contributed by atoms with van der Waals surface area (Å²) in [5.74, 6) is 0.702. The Morgan fingerprint density at radius 1 is 1.35 bits per heavy atom. The Hall–Kier alpha value is -0.160. The molecule has 0 spiro atoms. The lowest BCUT2D eigenvalue weighted by Crippen LogP contribution is -2.39. The number of rotatable bonds is 6. The summed E-state index contributed by atoms with van der Waals surface area (Å²) < 4.78 is 0. The van der Waals surface area contributed by atoms with Crippen LogP contribution in [0.15, 0.2) is 0 Å². The number of likely N-dealkylation sites (tertiary alicyclic amines) is 1. The summed E-state index contributed by atoms with van der Waals surface area (Å²) in [6.07, 6.45) is 2.36. The molecule has 0 aromatic carbocycles. The third kappa shape index (κ3) is 3.91. The van der Waals surface area contributed by atoms with Crippen LogP contribution in [-0.2, 0) is 0 Å². The highest BCUT2D eigenvalue weighted by atomic mass is 16.3. The first kappa shape index (κ1) is 13.3. The Morgan fingerprint density at radius 3 is 2.59 bits per heavy atom. The molecular formula is C13H27N3O. The van der Waals surface area contributed by atoms with Crippen molar-refractivity contribution in [1.82, 2.24) is 15.1 Å². The molecule has 4 heteroatoms. The number of nitrogens with zero attached hydrogens (tertiary/aromatic N) is 2. The van der Waals surface area contributed by atoms with E-state index in [1.165, 1.54) is 12.8 Å². The van der Waals surface area contributed by atoms with Crippen LogP contribution in [0.25, 0.3) is 0 Å². The van der Waals surface area contributed by atoms with Gasteiger partial charge in [0.15, 0.2) is 0 Å². The molecule has 1 heterocycles. The van der Waals surface area contributed by atoms with Gasteiger partial charge in [0.05, 0.1) is 6.10 Å². The van der Waals surface area contributed by atoms with Gasteiger partial charge in [-0.3, -0.25) is 4.90 Å². The van der Waals surface area contributed by atoms with Crippen LogP contribution >= 0.6 is 0 Å². The molecule has 2 rings (SSSR count). The molecule has 3 unspecified atom stereocenters. The molecule has 100 valence electrons. The van der Waals surface area contributed by atoms with Crippen molar-refractivity contribution in [3.05, 3.63) is 0 Å². The smallest absolute Gasteiger partial charge is 0.0791 e. The molecule has 2 fully saturated rings. The van der Waals surface area contributed by atoms with E-state index in [1.54, 1.807) is 0 Å². The van der Waals surface area contributed by atoms with Gasteiger partial charge in [-0.15, -0.1) is 0 Å². The Bertz CT molecular complexity index is 243. The van der Waals surface area contributed by atoms with Crippen LogP contribution < -0.4 is 5.32 Å². The van der Waals surface area contributed by atoms with Crippen LogP contribution in [0.1, 0.15) is 19.8 Å². The fraction of sp³-hybridized carbons (Fsp3) is 1.00. The maximum atomic E-state index is 9.98. The van der Waals surface area contributed by atoms with E-state index in [1.807, 2.05) is 0 Å². The number of nitrogens with one attached hydrogen (secondary N) is 1. The summed E-state index contributed by atoms with van der Waals surface area (Å²) in [4.78, 5) is 4.70. The fourth-order valence-corrected chi connectivity index (χ4v) is 2.82. The lowest BCUT2D eigenvalue weighted by molar-refractivity contribution is 0.119. The summed E-state index contributed by atoms with van der Waals surface area (Å²) in [7, 11) is 4.30.